The number of thiazole rings is 1. The van der Waals surface area contributed by atoms with Gasteiger partial charge in [0.15, 0.2) is 11.5 Å². The molecule has 19 heavy (non-hydrogen) atoms. The second-order valence-electron chi connectivity index (χ2n) is 4.01. The maximum Gasteiger partial charge on any atom is 0.162 e. The number of rotatable bonds is 6. The Balaban J connectivity index is 2.03. The molecule has 2 rings (SSSR count). The number of nitrogens with zero attached hydrogens (tertiary/aromatic N) is 1. The van der Waals surface area contributed by atoms with Crippen LogP contribution in [0.5, 0.6) is 11.5 Å². The van der Waals surface area contributed by atoms with E-state index in [1.54, 1.807) is 25.6 Å². The van der Waals surface area contributed by atoms with E-state index in [9.17, 15) is 0 Å². The quantitative estimate of drug-likeness (QED) is 0.880. The van der Waals surface area contributed by atoms with Crippen molar-refractivity contribution in [1.29, 1.82) is 0 Å². The summed E-state index contributed by atoms with van der Waals surface area (Å²) in [5, 5.41) is 6.59. The highest BCUT2D eigenvalue weighted by molar-refractivity contribution is 7.09. The van der Waals surface area contributed by atoms with E-state index in [0.717, 1.165) is 29.3 Å². The van der Waals surface area contributed by atoms with Gasteiger partial charge in [0.25, 0.3) is 0 Å². The van der Waals surface area contributed by atoms with Crippen LogP contribution >= 0.6 is 11.3 Å². The van der Waals surface area contributed by atoms with Crippen LogP contribution in [0.3, 0.4) is 0 Å². The smallest absolute Gasteiger partial charge is 0.162 e. The number of methoxy groups -OCH3 is 2. The number of aromatic nitrogens is 1. The first-order valence-corrected chi connectivity index (χ1v) is 7.04. The van der Waals surface area contributed by atoms with Gasteiger partial charge < -0.3 is 14.8 Å². The van der Waals surface area contributed by atoms with Gasteiger partial charge in [-0.1, -0.05) is 6.92 Å². The van der Waals surface area contributed by atoms with Crippen molar-refractivity contribution in [2.75, 3.05) is 19.5 Å². The van der Waals surface area contributed by atoms with Crippen LogP contribution in [0.1, 0.15) is 17.6 Å². The van der Waals surface area contributed by atoms with Crippen LogP contribution in [0.25, 0.3) is 0 Å². The first-order valence-electron chi connectivity index (χ1n) is 6.16. The van der Waals surface area contributed by atoms with Gasteiger partial charge >= 0.3 is 0 Å². The maximum absolute atomic E-state index is 5.27. The van der Waals surface area contributed by atoms with Gasteiger partial charge in [-0.25, -0.2) is 4.98 Å². The first-order chi connectivity index (χ1) is 9.26. The molecule has 102 valence electrons. The molecule has 0 atom stereocenters. The van der Waals surface area contributed by atoms with Gasteiger partial charge in [0.2, 0.25) is 0 Å². The lowest BCUT2D eigenvalue weighted by Gasteiger charge is -2.10. The number of aryl methyl sites for hydroxylation is 1. The molecule has 1 aromatic carbocycles. The second kappa shape index (κ2) is 6.43. The van der Waals surface area contributed by atoms with Crippen molar-refractivity contribution >= 4 is 17.0 Å². The fourth-order valence-electron chi connectivity index (χ4n) is 1.73. The molecule has 0 bridgehead atoms. The third-order valence-corrected chi connectivity index (χ3v) is 3.80. The summed E-state index contributed by atoms with van der Waals surface area (Å²) in [6.07, 6.45) is 0.987. The van der Waals surface area contributed by atoms with Crippen molar-refractivity contribution in [3.63, 3.8) is 0 Å². The average molecular weight is 278 g/mol. The Hall–Kier alpha value is -1.75. The highest BCUT2D eigenvalue weighted by Gasteiger charge is 2.05. The minimum atomic E-state index is 0.714. The zero-order chi connectivity index (χ0) is 13.7. The van der Waals surface area contributed by atoms with E-state index in [-0.39, 0.29) is 0 Å². The molecule has 0 unspecified atom stereocenters. The second-order valence-corrected chi connectivity index (χ2v) is 4.95. The number of benzene rings is 1. The highest BCUT2D eigenvalue weighted by atomic mass is 32.1. The number of ether oxygens (including phenoxy) is 2. The summed E-state index contributed by atoms with van der Waals surface area (Å²) in [4.78, 5) is 4.52. The largest absolute Gasteiger partial charge is 0.493 e. The van der Waals surface area contributed by atoms with Crippen LogP contribution in [-0.4, -0.2) is 19.2 Å². The molecule has 1 aromatic heterocycles. The first kappa shape index (κ1) is 13.7. The van der Waals surface area contributed by atoms with E-state index in [1.165, 1.54) is 5.01 Å². The number of hydrogen-bond donors (Lipinski definition) is 1. The summed E-state index contributed by atoms with van der Waals surface area (Å²) in [7, 11) is 3.27. The van der Waals surface area contributed by atoms with E-state index in [4.69, 9.17) is 9.47 Å². The predicted octanol–water partition coefficient (Wildman–Crippen LogP) is 3.33. The number of nitrogens with one attached hydrogen (secondary N) is 1. The SMILES string of the molecule is CCc1nc(CNc2ccc(OC)c(OC)c2)cs1. The molecule has 0 saturated carbocycles. The molecule has 0 aliphatic carbocycles. The van der Waals surface area contributed by atoms with Gasteiger partial charge in [0.1, 0.15) is 0 Å². The lowest BCUT2D eigenvalue weighted by molar-refractivity contribution is 0.355. The van der Waals surface area contributed by atoms with Crippen LogP contribution in [0.2, 0.25) is 0 Å². The maximum atomic E-state index is 5.27. The molecule has 0 amide bonds. The van der Waals surface area contributed by atoms with Gasteiger partial charge in [0, 0.05) is 17.1 Å². The third kappa shape index (κ3) is 3.38. The van der Waals surface area contributed by atoms with Gasteiger partial charge in [-0.3, -0.25) is 0 Å². The number of anilines is 1. The lowest BCUT2D eigenvalue weighted by Crippen LogP contribution is -2.00. The van der Waals surface area contributed by atoms with Crippen molar-refractivity contribution in [1.82, 2.24) is 4.98 Å². The van der Waals surface area contributed by atoms with Crippen LogP contribution in [-0.2, 0) is 13.0 Å². The molecule has 1 N–H and O–H groups in total. The van der Waals surface area contributed by atoms with Crippen LogP contribution in [0.4, 0.5) is 5.69 Å². The van der Waals surface area contributed by atoms with Crippen molar-refractivity contribution in [2.45, 2.75) is 19.9 Å². The molecule has 5 heteroatoms. The Bertz CT molecular complexity index is 540. The Morgan fingerprint density at radius 2 is 2.00 bits per heavy atom. The van der Waals surface area contributed by atoms with E-state index in [2.05, 4.69) is 22.6 Å². The summed E-state index contributed by atoms with van der Waals surface area (Å²) < 4.78 is 10.5. The van der Waals surface area contributed by atoms with Gasteiger partial charge in [-0.15, -0.1) is 11.3 Å². The summed E-state index contributed by atoms with van der Waals surface area (Å²) in [6, 6.07) is 5.78. The lowest BCUT2D eigenvalue weighted by atomic mass is 10.2. The molecule has 0 saturated heterocycles. The van der Waals surface area contributed by atoms with E-state index >= 15 is 0 Å². The standard InChI is InChI=1S/C14H18N2O2S/c1-4-14-16-11(9-19-14)8-15-10-5-6-12(17-2)13(7-10)18-3/h5-7,9,15H,4,8H2,1-3H3. The topological polar surface area (TPSA) is 43.4 Å². The van der Waals surface area contributed by atoms with Crippen LogP contribution < -0.4 is 14.8 Å². The van der Waals surface area contributed by atoms with Crippen molar-refractivity contribution in [3.8, 4) is 11.5 Å². The average Bonchev–Trinajstić information content (AvgIpc) is 2.92. The zero-order valence-electron chi connectivity index (χ0n) is 11.4. The van der Waals surface area contributed by atoms with Crippen molar-refractivity contribution in [3.05, 3.63) is 34.3 Å². The summed E-state index contributed by atoms with van der Waals surface area (Å²) in [5.41, 5.74) is 2.06. The minimum Gasteiger partial charge on any atom is -0.493 e. The van der Waals surface area contributed by atoms with Crippen molar-refractivity contribution < 1.29 is 9.47 Å². The van der Waals surface area contributed by atoms with E-state index in [0.29, 0.717) is 6.54 Å². The predicted molar refractivity (Wildman–Crippen MR) is 78.4 cm³/mol. The fraction of sp³-hybridized carbons (Fsp3) is 0.357. The summed E-state index contributed by atoms with van der Waals surface area (Å²) in [5.74, 6) is 1.45. The number of hydrogen-bond acceptors (Lipinski definition) is 5. The minimum absolute atomic E-state index is 0.714. The van der Waals surface area contributed by atoms with Crippen molar-refractivity contribution in [2.24, 2.45) is 0 Å². The molecule has 0 radical (unpaired) electrons. The van der Waals surface area contributed by atoms with E-state index in [1.807, 2.05) is 18.2 Å². The molecule has 0 fully saturated rings. The molecular weight excluding hydrogens is 260 g/mol. The molecular formula is C14H18N2O2S. The molecule has 0 aliphatic heterocycles. The third-order valence-electron chi connectivity index (χ3n) is 2.76. The Morgan fingerprint density at radius 1 is 1.21 bits per heavy atom. The van der Waals surface area contributed by atoms with Gasteiger partial charge in [-0.05, 0) is 18.6 Å². The van der Waals surface area contributed by atoms with E-state index < -0.39 is 0 Å². The Kier molecular flexibility index (Phi) is 4.63. The zero-order valence-corrected chi connectivity index (χ0v) is 12.2. The molecule has 0 spiro atoms. The highest BCUT2D eigenvalue weighted by Crippen LogP contribution is 2.29. The van der Waals surface area contributed by atoms with Crippen LogP contribution in [0, 0.1) is 0 Å². The fourth-order valence-corrected chi connectivity index (χ4v) is 2.48. The molecule has 2 aromatic rings. The molecule has 1 heterocycles. The molecule has 0 aliphatic rings. The summed E-state index contributed by atoms with van der Waals surface area (Å²) >= 11 is 1.70. The van der Waals surface area contributed by atoms with Gasteiger partial charge in [0.05, 0.1) is 31.5 Å². The van der Waals surface area contributed by atoms with Gasteiger partial charge in [-0.2, -0.15) is 0 Å². The molecule has 4 nitrogen and oxygen atoms in total. The normalized spacial score (nSPS) is 10.3. The Morgan fingerprint density at radius 3 is 2.63 bits per heavy atom. The Labute approximate surface area is 117 Å². The monoisotopic (exact) mass is 278 g/mol. The summed E-state index contributed by atoms with van der Waals surface area (Å²) in [6.45, 7) is 2.83. The van der Waals surface area contributed by atoms with Crippen LogP contribution in [0.15, 0.2) is 23.6 Å².